The Morgan fingerprint density at radius 1 is 1.21 bits per heavy atom. The van der Waals surface area contributed by atoms with Gasteiger partial charge in [-0.15, -0.1) is 0 Å². The summed E-state index contributed by atoms with van der Waals surface area (Å²) in [6.07, 6.45) is 7.40. The number of hydrogen-bond donors (Lipinski definition) is 1. The number of carbonyl (C=O) groups is 2. The van der Waals surface area contributed by atoms with Crippen molar-refractivity contribution in [1.82, 2.24) is 14.9 Å². The number of nitrogens with zero attached hydrogens (tertiary/aromatic N) is 4. The molecule has 2 fully saturated rings. The van der Waals surface area contributed by atoms with Gasteiger partial charge in [-0.2, -0.15) is 0 Å². The van der Waals surface area contributed by atoms with E-state index in [-0.39, 0.29) is 23.5 Å². The second-order valence-electron chi connectivity index (χ2n) is 7.58. The van der Waals surface area contributed by atoms with Gasteiger partial charge in [-0.05, 0) is 25.7 Å². The molecule has 2 aliphatic rings. The van der Waals surface area contributed by atoms with E-state index in [0.29, 0.717) is 42.3 Å². The Hall–Kier alpha value is -1.54. The van der Waals surface area contributed by atoms with E-state index < -0.39 is 0 Å². The smallest absolute Gasteiger partial charge is 0.233 e. The minimum Gasteiger partial charge on any atom is -0.369 e. The van der Waals surface area contributed by atoms with E-state index in [1.54, 1.807) is 11.0 Å². The number of likely N-dealkylation sites (tertiary alicyclic amines) is 1. The molecule has 2 heterocycles. The van der Waals surface area contributed by atoms with Crippen molar-refractivity contribution in [2.75, 3.05) is 30.8 Å². The first-order valence-electron chi connectivity index (χ1n) is 9.91. The normalized spacial score (nSPS) is 18.9. The predicted molar refractivity (Wildman–Crippen MR) is 112 cm³/mol. The van der Waals surface area contributed by atoms with Gasteiger partial charge in [0.1, 0.15) is 11.0 Å². The Morgan fingerprint density at radius 2 is 1.89 bits per heavy atom. The fraction of sp³-hybridized carbons (Fsp3) is 0.684. The van der Waals surface area contributed by atoms with Gasteiger partial charge in [0.2, 0.25) is 11.8 Å². The van der Waals surface area contributed by atoms with Crippen LogP contribution in [0.25, 0.3) is 0 Å². The lowest BCUT2D eigenvalue weighted by atomic mass is 9.94. The highest BCUT2D eigenvalue weighted by molar-refractivity contribution is 7.99. The molecule has 3 rings (SSSR count). The van der Waals surface area contributed by atoms with Gasteiger partial charge in [0.15, 0.2) is 5.16 Å². The van der Waals surface area contributed by atoms with Crippen LogP contribution in [0.3, 0.4) is 0 Å². The zero-order valence-corrected chi connectivity index (χ0v) is 17.8. The third-order valence-corrected chi connectivity index (χ3v) is 6.75. The van der Waals surface area contributed by atoms with Crippen LogP contribution in [0.5, 0.6) is 0 Å². The maximum absolute atomic E-state index is 12.5. The molecule has 1 aliphatic carbocycles. The fourth-order valence-corrected chi connectivity index (χ4v) is 4.90. The number of hydrogen-bond acceptors (Lipinski definition) is 6. The minimum atomic E-state index is -0.275. The molecule has 2 amide bonds. The molecule has 9 heteroatoms. The number of halogens is 1. The molecule has 1 saturated carbocycles. The maximum Gasteiger partial charge on any atom is 0.233 e. The monoisotopic (exact) mass is 425 g/mol. The first-order valence-corrected chi connectivity index (χ1v) is 11.3. The van der Waals surface area contributed by atoms with Crippen molar-refractivity contribution in [2.24, 2.45) is 11.7 Å². The highest BCUT2D eigenvalue weighted by atomic mass is 35.5. The number of primary amides is 1. The van der Waals surface area contributed by atoms with Crippen molar-refractivity contribution in [2.45, 2.75) is 56.1 Å². The minimum absolute atomic E-state index is 0.0266. The fourth-order valence-electron chi connectivity index (χ4n) is 3.92. The van der Waals surface area contributed by atoms with Crippen LogP contribution < -0.4 is 10.6 Å². The van der Waals surface area contributed by atoms with Gasteiger partial charge in [0.25, 0.3) is 0 Å². The molecule has 1 aromatic heterocycles. The molecule has 0 unspecified atom stereocenters. The third-order valence-electron chi connectivity index (χ3n) is 5.72. The Kier molecular flexibility index (Phi) is 7.40. The number of nitrogens with two attached hydrogens (primary N) is 1. The van der Waals surface area contributed by atoms with Crippen molar-refractivity contribution in [3.8, 4) is 0 Å². The van der Waals surface area contributed by atoms with Gasteiger partial charge < -0.3 is 15.5 Å². The number of amides is 2. The number of carbonyl (C=O) groups excluding carboxylic acids is 2. The second-order valence-corrected chi connectivity index (χ2v) is 8.91. The van der Waals surface area contributed by atoms with Gasteiger partial charge in [0.05, 0.1) is 5.75 Å². The molecule has 0 spiro atoms. The molecule has 0 radical (unpaired) electrons. The number of rotatable bonds is 6. The van der Waals surface area contributed by atoms with E-state index in [9.17, 15) is 9.59 Å². The summed E-state index contributed by atoms with van der Waals surface area (Å²) < 4.78 is 0. The van der Waals surface area contributed by atoms with Crippen molar-refractivity contribution >= 4 is 41.0 Å². The van der Waals surface area contributed by atoms with Gasteiger partial charge in [-0.3, -0.25) is 9.59 Å². The molecule has 154 valence electrons. The first kappa shape index (κ1) is 21.2. The van der Waals surface area contributed by atoms with Gasteiger partial charge in [0, 0.05) is 38.2 Å². The van der Waals surface area contributed by atoms with Crippen molar-refractivity contribution in [3.05, 3.63) is 11.2 Å². The van der Waals surface area contributed by atoms with Crippen LogP contribution in [0, 0.1) is 5.92 Å². The number of aromatic nitrogens is 2. The first-order chi connectivity index (χ1) is 13.4. The lowest BCUT2D eigenvalue weighted by Gasteiger charge is -2.32. The lowest BCUT2D eigenvalue weighted by molar-refractivity contribution is -0.132. The summed E-state index contributed by atoms with van der Waals surface area (Å²) in [6, 6.07) is 2.27. The van der Waals surface area contributed by atoms with E-state index in [1.165, 1.54) is 43.9 Å². The van der Waals surface area contributed by atoms with Crippen LogP contribution in [-0.4, -0.2) is 58.6 Å². The zero-order valence-electron chi connectivity index (χ0n) is 16.3. The lowest BCUT2D eigenvalue weighted by Crippen LogP contribution is -2.42. The zero-order chi connectivity index (χ0) is 20.1. The average Bonchev–Trinajstić information content (AvgIpc) is 2.71. The van der Waals surface area contributed by atoms with Crippen LogP contribution in [0.4, 0.5) is 5.82 Å². The van der Waals surface area contributed by atoms with Crippen LogP contribution in [0.1, 0.15) is 44.9 Å². The van der Waals surface area contributed by atoms with E-state index in [0.717, 1.165) is 5.82 Å². The SMILES string of the molecule is CN(c1cc(Cl)nc(SCC(=O)N2CCC(C(N)=O)CC2)n1)C1CCCCC1. The van der Waals surface area contributed by atoms with Crippen molar-refractivity contribution in [1.29, 1.82) is 0 Å². The van der Waals surface area contributed by atoms with E-state index in [4.69, 9.17) is 17.3 Å². The summed E-state index contributed by atoms with van der Waals surface area (Å²) in [5.74, 6) is 0.700. The Labute approximate surface area is 175 Å². The number of anilines is 1. The molecular weight excluding hydrogens is 398 g/mol. The molecule has 1 aromatic rings. The maximum atomic E-state index is 12.5. The van der Waals surface area contributed by atoms with E-state index >= 15 is 0 Å². The van der Waals surface area contributed by atoms with Crippen LogP contribution in [-0.2, 0) is 9.59 Å². The van der Waals surface area contributed by atoms with Crippen LogP contribution in [0.2, 0.25) is 5.15 Å². The summed E-state index contributed by atoms with van der Waals surface area (Å²) in [6.45, 7) is 1.14. The van der Waals surface area contributed by atoms with Gasteiger partial charge in [-0.25, -0.2) is 9.97 Å². The molecule has 0 atom stereocenters. The second kappa shape index (κ2) is 9.78. The van der Waals surface area contributed by atoms with Crippen molar-refractivity contribution < 1.29 is 9.59 Å². The summed E-state index contributed by atoms with van der Waals surface area (Å²) in [5.41, 5.74) is 5.35. The number of thioether (sulfide) groups is 1. The Morgan fingerprint density at radius 3 is 2.54 bits per heavy atom. The summed E-state index contributed by atoms with van der Waals surface area (Å²) in [7, 11) is 2.05. The van der Waals surface area contributed by atoms with E-state index in [2.05, 4.69) is 21.9 Å². The third kappa shape index (κ3) is 5.50. The Bertz CT molecular complexity index is 706. The largest absolute Gasteiger partial charge is 0.369 e. The van der Waals surface area contributed by atoms with Gasteiger partial charge >= 0.3 is 0 Å². The quantitative estimate of drug-likeness (QED) is 0.428. The molecule has 1 aliphatic heterocycles. The molecule has 0 aromatic carbocycles. The van der Waals surface area contributed by atoms with Gasteiger partial charge in [-0.1, -0.05) is 42.6 Å². The summed E-state index contributed by atoms with van der Waals surface area (Å²) >= 11 is 7.52. The van der Waals surface area contributed by atoms with Crippen molar-refractivity contribution in [3.63, 3.8) is 0 Å². The molecular formula is C19H28ClN5O2S. The summed E-state index contributed by atoms with van der Waals surface area (Å²) in [5, 5.41) is 0.912. The standard InChI is InChI=1S/C19H28ClN5O2S/c1-24(14-5-3-2-4-6-14)16-11-15(20)22-19(23-16)28-12-17(26)25-9-7-13(8-10-25)18(21)27/h11,13-14H,2-10,12H2,1H3,(H2,21,27). The predicted octanol–water partition coefficient (Wildman–Crippen LogP) is 2.71. The highest BCUT2D eigenvalue weighted by Crippen LogP contribution is 2.28. The molecule has 0 bridgehead atoms. The van der Waals surface area contributed by atoms with Crippen LogP contribution in [0.15, 0.2) is 11.2 Å². The highest BCUT2D eigenvalue weighted by Gasteiger charge is 2.26. The summed E-state index contributed by atoms with van der Waals surface area (Å²) in [4.78, 5) is 36.6. The average molecular weight is 426 g/mol. The van der Waals surface area contributed by atoms with E-state index in [1.807, 2.05) is 0 Å². The molecule has 1 saturated heterocycles. The molecule has 7 nitrogen and oxygen atoms in total. The molecule has 2 N–H and O–H groups in total. The topological polar surface area (TPSA) is 92.4 Å². The van der Waals surface area contributed by atoms with Crippen LogP contribution >= 0.6 is 23.4 Å². The number of piperidine rings is 1. The Balaban J connectivity index is 1.56. The molecule has 28 heavy (non-hydrogen) atoms.